The van der Waals surface area contributed by atoms with Crippen molar-refractivity contribution in [3.63, 3.8) is 0 Å². The summed E-state index contributed by atoms with van der Waals surface area (Å²) in [5.74, 6) is 1.34. The molecule has 0 aromatic heterocycles. The van der Waals surface area contributed by atoms with E-state index in [9.17, 15) is 0 Å². The fourth-order valence-corrected chi connectivity index (χ4v) is 7.45. The van der Waals surface area contributed by atoms with E-state index in [1.54, 1.807) is 0 Å². The van der Waals surface area contributed by atoms with Crippen LogP contribution in [0.1, 0.15) is 247 Å². The van der Waals surface area contributed by atoms with Crippen LogP contribution in [0.2, 0.25) is 0 Å². The molecule has 0 aromatic rings. The fraction of sp³-hybridized carbons (Fsp3) is 0.977. The van der Waals surface area contributed by atoms with Crippen molar-refractivity contribution in [1.82, 2.24) is 5.32 Å². The second kappa shape index (κ2) is 35.7. The molecule has 0 spiro atoms. The molecule has 0 rings (SSSR count). The van der Waals surface area contributed by atoms with Gasteiger partial charge in [-0.05, 0) is 38.6 Å². The van der Waals surface area contributed by atoms with Crippen LogP contribution < -0.4 is 11.1 Å². The number of unbranched alkanes of at least 4 members (excludes halogenated alkanes) is 25. The van der Waals surface area contributed by atoms with Gasteiger partial charge in [0.2, 0.25) is 0 Å². The molecule has 3 N–H and O–H groups in total. The molecule has 0 fully saturated rings. The highest BCUT2D eigenvalue weighted by Crippen LogP contribution is 2.34. The van der Waals surface area contributed by atoms with Crippen LogP contribution >= 0.6 is 0 Å². The quantitative estimate of drug-likeness (QED) is 0.0398. The van der Waals surface area contributed by atoms with E-state index < -0.39 is 0 Å². The predicted molar refractivity (Wildman–Crippen MR) is 211 cm³/mol. The molecule has 0 aliphatic carbocycles. The lowest BCUT2D eigenvalue weighted by Gasteiger charge is -2.43. The molecule has 276 valence electrons. The van der Waals surface area contributed by atoms with Gasteiger partial charge in [0.1, 0.15) is 0 Å². The van der Waals surface area contributed by atoms with Gasteiger partial charge >= 0.3 is 0 Å². The third-order valence-electron chi connectivity index (χ3n) is 10.6. The van der Waals surface area contributed by atoms with E-state index in [1.807, 2.05) is 0 Å². The van der Waals surface area contributed by atoms with E-state index in [-0.39, 0.29) is 5.54 Å². The van der Waals surface area contributed by atoms with Gasteiger partial charge in [-0.2, -0.15) is 0 Å². The first-order chi connectivity index (χ1) is 22.6. The van der Waals surface area contributed by atoms with Crippen molar-refractivity contribution < 1.29 is 0 Å². The second-order valence-electron chi connectivity index (χ2n) is 15.1. The Balaban J connectivity index is 4.80. The summed E-state index contributed by atoms with van der Waals surface area (Å²) >= 11 is 0. The minimum Gasteiger partial charge on any atom is -0.387 e. The lowest BCUT2D eigenvalue weighted by atomic mass is 9.73. The Morgan fingerprint density at radius 3 is 1.20 bits per heavy atom. The van der Waals surface area contributed by atoms with Crippen LogP contribution in [-0.2, 0) is 0 Å². The van der Waals surface area contributed by atoms with Gasteiger partial charge in [-0.15, -0.1) is 0 Å². The molecule has 0 saturated heterocycles. The molecular weight excluding hydrogens is 558 g/mol. The molecule has 0 aliphatic rings. The number of hydrogen-bond acceptors (Lipinski definition) is 2. The summed E-state index contributed by atoms with van der Waals surface area (Å²) < 4.78 is 0. The third kappa shape index (κ3) is 26.4. The van der Waals surface area contributed by atoms with Crippen LogP contribution in [0.15, 0.2) is 4.99 Å². The molecule has 3 nitrogen and oxygen atoms in total. The second-order valence-corrected chi connectivity index (χ2v) is 15.1. The molecule has 0 bridgehead atoms. The molecule has 0 aliphatic heterocycles. The number of hydrogen-bond donors (Lipinski definition) is 2. The van der Waals surface area contributed by atoms with Crippen molar-refractivity contribution in [3.05, 3.63) is 0 Å². The van der Waals surface area contributed by atoms with E-state index in [1.165, 1.54) is 212 Å². The van der Waals surface area contributed by atoms with Gasteiger partial charge in [0.05, 0.1) is 5.84 Å². The molecule has 3 heteroatoms. The Morgan fingerprint density at radius 1 is 0.457 bits per heavy atom. The number of amidine groups is 1. The molecular formula is C43H89N3. The number of rotatable bonds is 38. The Hall–Kier alpha value is -0.570. The van der Waals surface area contributed by atoms with Gasteiger partial charge in [-0.25, -0.2) is 0 Å². The highest BCUT2D eigenvalue weighted by molar-refractivity contribution is 5.84. The van der Waals surface area contributed by atoms with Gasteiger partial charge < -0.3 is 11.1 Å². The first-order valence-electron chi connectivity index (χ1n) is 21.7. The van der Waals surface area contributed by atoms with Crippen LogP contribution in [0, 0.1) is 5.92 Å². The maximum Gasteiger partial charge on any atom is 0.0987 e. The topological polar surface area (TPSA) is 50.4 Å². The van der Waals surface area contributed by atoms with Crippen molar-refractivity contribution in [3.8, 4) is 0 Å². The molecule has 0 amide bonds. The summed E-state index contributed by atoms with van der Waals surface area (Å²) in [6.07, 6.45) is 44.8. The summed E-state index contributed by atoms with van der Waals surface area (Å²) in [4.78, 5) is 5.11. The summed E-state index contributed by atoms with van der Waals surface area (Å²) in [5, 5.41) is 4.22. The Bertz CT molecular complexity index is 607. The average Bonchev–Trinajstić information content (AvgIpc) is 3.06. The zero-order valence-electron chi connectivity index (χ0n) is 32.9. The normalized spacial score (nSPS) is 13.1. The maximum absolute atomic E-state index is 6.98. The van der Waals surface area contributed by atoms with Crippen molar-refractivity contribution in [2.45, 2.75) is 252 Å². The number of nitrogens with two attached hydrogens (primary N) is 1. The van der Waals surface area contributed by atoms with Crippen molar-refractivity contribution in [1.29, 1.82) is 0 Å². The van der Waals surface area contributed by atoms with Gasteiger partial charge in [0, 0.05) is 18.0 Å². The van der Waals surface area contributed by atoms with Crippen molar-refractivity contribution in [2.24, 2.45) is 16.6 Å². The van der Waals surface area contributed by atoms with Crippen LogP contribution in [0.25, 0.3) is 0 Å². The smallest absolute Gasteiger partial charge is 0.0987 e. The minimum absolute atomic E-state index is 0.114. The third-order valence-corrected chi connectivity index (χ3v) is 10.6. The number of nitrogens with one attached hydrogen (secondary N) is 1. The van der Waals surface area contributed by atoms with Crippen LogP contribution in [0.5, 0.6) is 0 Å². The van der Waals surface area contributed by atoms with Gasteiger partial charge in [-0.1, -0.05) is 214 Å². The standard InChI is InChI=1S/C43H89N3/c1-6-11-16-18-20-22-24-26-28-30-32-34-39-45-42(44)41(36-13-8-3)43(37-14-9-4,38-15-10-5)46-40-35-33-31-29-27-25-23-21-19-17-12-7-2/h41,46H,6-40H2,1-5H3,(H2,44,45). The molecule has 0 radical (unpaired) electrons. The highest BCUT2D eigenvalue weighted by Gasteiger charge is 2.39. The lowest BCUT2D eigenvalue weighted by Crippen LogP contribution is -2.56. The van der Waals surface area contributed by atoms with Crippen LogP contribution in [0.4, 0.5) is 0 Å². The number of aliphatic imine (C=N–C) groups is 1. The molecule has 46 heavy (non-hydrogen) atoms. The first kappa shape index (κ1) is 45.4. The zero-order chi connectivity index (χ0) is 33.8. The van der Waals surface area contributed by atoms with Gasteiger partial charge in [0.25, 0.3) is 0 Å². The fourth-order valence-electron chi connectivity index (χ4n) is 7.45. The van der Waals surface area contributed by atoms with E-state index >= 15 is 0 Å². The van der Waals surface area contributed by atoms with E-state index in [2.05, 4.69) is 39.9 Å². The first-order valence-corrected chi connectivity index (χ1v) is 21.7. The van der Waals surface area contributed by atoms with Crippen LogP contribution in [-0.4, -0.2) is 24.5 Å². The lowest BCUT2D eigenvalue weighted by molar-refractivity contribution is 0.198. The van der Waals surface area contributed by atoms with E-state index in [0.717, 1.165) is 18.9 Å². The Labute approximate surface area is 292 Å². The molecule has 1 unspecified atom stereocenters. The monoisotopic (exact) mass is 648 g/mol. The van der Waals surface area contributed by atoms with Crippen LogP contribution in [0.3, 0.4) is 0 Å². The zero-order valence-corrected chi connectivity index (χ0v) is 32.9. The predicted octanol–water partition coefficient (Wildman–Crippen LogP) is 14.3. The minimum atomic E-state index is 0.114. The number of nitrogens with zero attached hydrogens (tertiary/aromatic N) is 1. The largest absolute Gasteiger partial charge is 0.387 e. The SMILES string of the molecule is CCCCCCCCCCCCCCN=C(N)C(CCCC)C(CCCC)(CCCC)NCCCCCCCCCCCCCC. The highest BCUT2D eigenvalue weighted by atomic mass is 15.0. The average molecular weight is 648 g/mol. The van der Waals surface area contributed by atoms with E-state index in [0.29, 0.717) is 5.92 Å². The van der Waals surface area contributed by atoms with Crippen molar-refractivity contribution in [2.75, 3.05) is 13.1 Å². The summed E-state index contributed by atoms with van der Waals surface area (Å²) in [7, 11) is 0. The summed E-state index contributed by atoms with van der Waals surface area (Å²) in [6.45, 7) is 13.7. The van der Waals surface area contributed by atoms with Crippen molar-refractivity contribution >= 4 is 5.84 Å². The van der Waals surface area contributed by atoms with Gasteiger partial charge in [0.15, 0.2) is 0 Å². The molecule has 0 saturated carbocycles. The summed E-state index contributed by atoms with van der Waals surface area (Å²) in [5.41, 5.74) is 7.10. The molecule has 0 aromatic carbocycles. The Morgan fingerprint density at radius 2 is 0.804 bits per heavy atom. The molecule has 1 atom stereocenters. The Kier molecular flexibility index (Phi) is 35.3. The van der Waals surface area contributed by atoms with Gasteiger partial charge in [-0.3, -0.25) is 4.99 Å². The maximum atomic E-state index is 6.98. The molecule has 0 heterocycles. The van der Waals surface area contributed by atoms with E-state index in [4.69, 9.17) is 10.7 Å². The summed E-state index contributed by atoms with van der Waals surface area (Å²) in [6, 6.07) is 0.